The number of thioether (sulfide) groups is 1. The highest BCUT2D eigenvalue weighted by Gasteiger charge is 2.13. The maximum Gasteiger partial charge on any atom is 0.325 e. The average Bonchev–Trinajstić information content (AvgIpc) is 2.21. The smallest absolute Gasteiger partial charge is 0.325 e. The first-order valence-corrected chi connectivity index (χ1v) is 5.60. The summed E-state index contributed by atoms with van der Waals surface area (Å²) in [6.45, 7) is -0.123. The Hall–Kier alpha value is -0.750. The normalized spacial score (nSPS) is 11.9. The first-order valence-electron chi connectivity index (χ1n) is 4.20. The van der Waals surface area contributed by atoms with E-state index >= 15 is 0 Å². The predicted octanol–water partition coefficient (Wildman–Crippen LogP) is -0.644. The Labute approximate surface area is 87.7 Å². The standard InChI is InChI=1S/C8H16N2O3S/c1-13-7(11)5-10-8(12)6(9)3-4-14-2/h6H,3-5,9H2,1-2H3,(H,10,12)/t6-/m0/s1. The highest BCUT2D eigenvalue weighted by Crippen LogP contribution is 1.98. The lowest BCUT2D eigenvalue weighted by molar-refractivity contribution is -0.141. The van der Waals surface area contributed by atoms with E-state index in [1.807, 2.05) is 6.26 Å². The molecule has 1 atom stereocenters. The quantitative estimate of drug-likeness (QED) is 0.582. The van der Waals surface area contributed by atoms with Gasteiger partial charge in [0.2, 0.25) is 5.91 Å². The number of nitrogens with two attached hydrogens (primary N) is 1. The van der Waals surface area contributed by atoms with Crippen molar-refractivity contribution in [3.8, 4) is 0 Å². The van der Waals surface area contributed by atoms with Crippen LogP contribution in [0.25, 0.3) is 0 Å². The van der Waals surface area contributed by atoms with Crippen LogP contribution in [0, 0.1) is 0 Å². The van der Waals surface area contributed by atoms with Gasteiger partial charge in [0.25, 0.3) is 0 Å². The van der Waals surface area contributed by atoms with Crippen LogP contribution >= 0.6 is 11.8 Å². The number of carbonyl (C=O) groups excluding carboxylic acids is 2. The zero-order chi connectivity index (χ0) is 11.0. The molecule has 0 saturated heterocycles. The van der Waals surface area contributed by atoms with Crippen molar-refractivity contribution in [3.63, 3.8) is 0 Å². The molecule has 0 spiro atoms. The number of esters is 1. The van der Waals surface area contributed by atoms with Crippen LogP contribution in [-0.4, -0.2) is 43.6 Å². The molecular formula is C8H16N2O3S. The van der Waals surface area contributed by atoms with Crippen molar-refractivity contribution >= 4 is 23.6 Å². The number of amides is 1. The molecule has 0 aromatic heterocycles. The number of methoxy groups -OCH3 is 1. The molecule has 3 N–H and O–H groups in total. The van der Waals surface area contributed by atoms with Gasteiger partial charge in [0.1, 0.15) is 6.54 Å². The lowest BCUT2D eigenvalue weighted by atomic mass is 10.2. The summed E-state index contributed by atoms with van der Waals surface area (Å²) in [5.74, 6) is 0.0344. The molecule has 0 aliphatic rings. The van der Waals surface area contributed by atoms with Gasteiger partial charge in [-0.2, -0.15) is 11.8 Å². The largest absolute Gasteiger partial charge is 0.468 e. The second-order valence-electron chi connectivity index (χ2n) is 2.68. The summed E-state index contributed by atoms with van der Waals surface area (Å²) < 4.78 is 4.36. The van der Waals surface area contributed by atoms with Crippen LogP contribution in [0.15, 0.2) is 0 Å². The van der Waals surface area contributed by atoms with Crippen LogP contribution in [-0.2, 0) is 14.3 Å². The van der Waals surface area contributed by atoms with E-state index in [4.69, 9.17) is 5.73 Å². The SMILES string of the molecule is COC(=O)CNC(=O)[C@@H](N)CCSC. The molecule has 0 heterocycles. The Kier molecular flexibility index (Phi) is 7.23. The molecule has 0 aromatic rings. The van der Waals surface area contributed by atoms with Crippen LogP contribution in [0.2, 0.25) is 0 Å². The summed E-state index contributed by atoms with van der Waals surface area (Å²) in [4.78, 5) is 21.9. The Bertz CT molecular complexity index is 199. The molecule has 0 bridgehead atoms. The second-order valence-corrected chi connectivity index (χ2v) is 3.67. The van der Waals surface area contributed by atoms with Crippen molar-refractivity contribution in [2.45, 2.75) is 12.5 Å². The first-order chi connectivity index (χ1) is 6.61. The fraction of sp³-hybridized carbons (Fsp3) is 0.750. The van der Waals surface area contributed by atoms with Crippen molar-refractivity contribution in [1.82, 2.24) is 5.32 Å². The third-order valence-electron chi connectivity index (χ3n) is 1.60. The van der Waals surface area contributed by atoms with E-state index < -0.39 is 12.0 Å². The molecule has 14 heavy (non-hydrogen) atoms. The van der Waals surface area contributed by atoms with E-state index in [2.05, 4.69) is 10.1 Å². The molecule has 0 aromatic carbocycles. The van der Waals surface area contributed by atoms with Gasteiger partial charge < -0.3 is 15.8 Å². The van der Waals surface area contributed by atoms with Gasteiger partial charge in [-0.15, -0.1) is 0 Å². The fourth-order valence-corrected chi connectivity index (χ4v) is 1.23. The molecule has 0 rings (SSSR count). The maximum atomic E-state index is 11.2. The molecule has 0 fully saturated rings. The van der Waals surface area contributed by atoms with Crippen molar-refractivity contribution in [1.29, 1.82) is 0 Å². The number of rotatable bonds is 6. The molecule has 0 aliphatic heterocycles. The third-order valence-corrected chi connectivity index (χ3v) is 2.25. The summed E-state index contributed by atoms with van der Waals surface area (Å²) in [6, 6.07) is -0.549. The molecule has 0 unspecified atom stereocenters. The second kappa shape index (κ2) is 7.64. The highest BCUT2D eigenvalue weighted by atomic mass is 32.2. The summed E-state index contributed by atoms with van der Waals surface area (Å²) in [7, 11) is 1.27. The molecule has 0 saturated carbocycles. The monoisotopic (exact) mass is 220 g/mol. The Morgan fingerprint density at radius 3 is 2.71 bits per heavy atom. The van der Waals surface area contributed by atoms with Crippen LogP contribution in [0.1, 0.15) is 6.42 Å². The van der Waals surface area contributed by atoms with Crippen molar-refractivity contribution in [2.75, 3.05) is 25.7 Å². The van der Waals surface area contributed by atoms with Crippen molar-refractivity contribution in [2.24, 2.45) is 5.73 Å². The molecule has 5 nitrogen and oxygen atoms in total. The third kappa shape index (κ3) is 5.82. The Morgan fingerprint density at radius 1 is 1.57 bits per heavy atom. The van der Waals surface area contributed by atoms with Gasteiger partial charge in [-0.05, 0) is 18.4 Å². The summed E-state index contributed by atoms with van der Waals surface area (Å²) in [5.41, 5.74) is 5.55. The van der Waals surface area contributed by atoms with Crippen molar-refractivity contribution in [3.05, 3.63) is 0 Å². The predicted molar refractivity (Wildman–Crippen MR) is 56.0 cm³/mol. The van der Waals surface area contributed by atoms with Gasteiger partial charge in [0.15, 0.2) is 0 Å². The lowest BCUT2D eigenvalue weighted by Gasteiger charge is -2.10. The molecule has 82 valence electrons. The molecule has 1 amide bonds. The van der Waals surface area contributed by atoms with Crippen LogP contribution in [0.4, 0.5) is 0 Å². The molecule has 0 radical (unpaired) electrons. The fourth-order valence-electron chi connectivity index (χ4n) is 0.738. The van der Waals surface area contributed by atoms with E-state index in [-0.39, 0.29) is 12.5 Å². The van der Waals surface area contributed by atoms with Crippen LogP contribution in [0.5, 0.6) is 0 Å². The minimum atomic E-state index is -0.549. The van der Waals surface area contributed by atoms with Crippen LogP contribution < -0.4 is 11.1 Å². The average molecular weight is 220 g/mol. The van der Waals surface area contributed by atoms with Gasteiger partial charge in [-0.1, -0.05) is 0 Å². The number of carbonyl (C=O) groups is 2. The first kappa shape index (κ1) is 13.2. The van der Waals surface area contributed by atoms with Gasteiger partial charge in [0.05, 0.1) is 13.2 Å². The number of nitrogens with one attached hydrogen (secondary N) is 1. The zero-order valence-corrected chi connectivity index (χ0v) is 9.23. The molecule has 6 heteroatoms. The summed E-state index contributed by atoms with van der Waals surface area (Å²) >= 11 is 1.62. The molecule has 0 aliphatic carbocycles. The van der Waals surface area contributed by atoms with Crippen molar-refractivity contribution < 1.29 is 14.3 Å². The summed E-state index contributed by atoms with van der Waals surface area (Å²) in [5, 5.41) is 2.39. The number of hydrogen-bond donors (Lipinski definition) is 2. The Morgan fingerprint density at radius 2 is 2.21 bits per heavy atom. The van der Waals surface area contributed by atoms with E-state index in [1.165, 1.54) is 7.11 Å². The summed E-state index contributed by atoms with van der Waals surface area (Å²) in [6.07, 6.45) is 2.55. The van der Waals surface area contributed by atoms with Gasteiger partial charge >= 0.3 is 5.97 Å². The topological polar surface area (TPSA) is 81.4 Å². The van der Waals surface area contributed by atoms with Gasteiger partial charge in [0, 0.05) is 0 Å². The number of ether oxygens (including phenoxy) is 1. The van der Waals surface area contributed by atoms with E-state index in [0.29, 0.717) is 6.42 Å². The lowest BCUT2D eigenvalue weighted by Crippen LogP contribution is -2.43. The van der Waals surface area contributed by atoms with Gasteiger partial charge in [-0.3, -0.25) is 9.59 Å². The van der Waals surface area contributed by atoms with E-state index in [0.717, 1.165) is 5.75 Å². The number of hydrogen-bond acceptors (Lipinski definition) is 5. The maximum absolute atomic E-state index is 11.2. The molecular weight excluding hydrogens is 204 g/mol. The van der Waals surface area contributed by atoms with Gasteiger partial charge in [-0.25, -0.2) is 0 Å². The van der Waals surface area contributed by atoms with E-state index in [1.54, 1.807) is 11.8 Å². The minimum Gasteiger partial charge on any atom is -0.468 e. The van der Waals surface area contributed by atoms with E-state index in [9.17, 15) is 9.59 Å². The zero-order valence-electron chi connectivity index (χ0n) is 8.41. The Balaban J connectivity index is 3.67. The minimum absolute atomic E-state index is 0.123. The van der Waals surface area contributed by atoms with Crippen LogP contribution in [0.3, 0.4) is 0 Å². The highest BCUT2D eigenvalue weighted by molar-refractivity contribution is 7.98.